The number of benzene rings is 2. The van der Waals surface area contributed by atoms with Gasteiger partial charge < -0.3 is 0 Å². The van der Waals surface area contributed by atoms with Gasteiger partial charge >= 0.3 is 0 Å². The van der Waals surface area contributed by atoms with Gasteiger partial charge in [0, 0.05) is 28.4 Å². The van der Waals surface area contributed by atoms with Gasteiger partial charge in [-0.15, -0.1) is 23.1 Å². The van der Waals surface area contributed by atoms with Crippen LogP contribution in [0, 0.1) is 13.8 Å². The number of hydrogen-bond acceptors (Lipinski definition) is 4. The maximum absolute atomic E-state index is 5.06. The molecule has 27 heavy (non-hydrogen) atoms. The number of pyridine rings is 1. The molecular weight excluding hydrogens is 368 g/mol. The van der Waals surface area contributed by atoms with Crippen LogP contribution in [-0.4, -0.2) is 16.2 Å². The third-order valence-electron chi connectivity index (χ3n) is 4.40. The van der Waals surface area contributed by atoms with Crippen LogP contribution in [0.2, 0.25) is 0 Å². The Labute approximate surface area is 168 Å². The van der Waals surface area contributed by atoms with Crippen LogP contribution < -0.4 is 0 Å². The van der Waals surface area contributed by atoms with Crippen molar-refractivity contribution in [1.29, 1.82) is 0 Å². The van der Waals surface area contributed by atoms with E-state index < -0.39 is 0 Å². The Balaban J connectivity index is 1.89. The minimum atomic E-state index is 1.04. The predicted octanol–water partition coefficient (Wildman–Crippen LogP) is 6.88. The van der Waals surface area contributed by atoms with Crippen molar-refractivity contribution in [2.45, 2.75) is 18.7 Å². The van der Waals surface area contributed by atoms with Gasteiger partial charge in [-0.3, -0.25) is 4.98 Å². The second-order valence-corrected chi connectivity index (χ2v) is 8.42. The molecule has 0 amide bonds. The van der Waals surface area contributed by atoms with Crippen LogP contribution in [0.25, 0.3) is 32.3 Å². The van der Waals surface area contributed by atoms with E-state index in [1.54, 1.807) is 23.1 Å². The summed E-state index contributed by atoms with van der Waals surface area (Å²) in [5.41, 5.74) is 7.03. The molecule has 4 heteroatoms. The monoisotopic (exact) mass is 388 g/mol. The Morgan fingerprint density at radius 3 is 2.07 bits per heavy atom. The standard InChI is InChI=1S/C23H20N2S2/c1-15-12-16(2)14-19(13-15)21-22(17-8-10-24-11-9-17)27-23(25-21)18-4-6-20(26-3)7-5-18/h4-14H,1-3H3. The smallest absolute Gasteiger partial charge is 0.124 e. The van der Waals surface area contributed by atoms with E-state index >= 15 is 0 Å². The van der Waals surface area contributed by atoms with Gasteiger partial charge in [0.2, 0.25) is 0 Å². The minimum Gasteiger partial charge on any atom is -0.265 e. The van der Waals surface area contributed by atoms with Gasteiger partial charge in [0.1, 0.15) is 5.01 Å². The maximum Gasteiger partial charge on any atom is 0.124 e. The zero-order valence-electron chi connectivity index (χ0n) is 15.6. The lowest BCUT2D eigenvalue weighted by Gasteiger charge is -2.05. The highest BCUT2D eigenvalue weighted by molar-refractivity contribution is 7.98. The van der Waals surface area contributed by atoms with E-state index in [-0.39, 0.29) is 0 Å². The molecule has 0 radical (unpaired) electrons. The van der Waals surface area contributed by atoms with Crippen LogP contribution in [0.15, 0.2) is 71.9 Å². The highest BCUT2D eigenvalue weighted by atomic mass is 32.2. The molecule has 134 valence electrons. The molecule has 0 aliphatic carbocycles. The van der Waals surface area contributed by atoms with Gasteiger partial charge in [0.15, 0.2) is 0 Å². The molecule has 0 unspecified atom stereocenters. The molecule has 0 aliphatic rings. The van der Waals surface area contributed by atoms with Crippen molar-refractivity contribution in [3.63, 3.8) is 0 Å². The molecule has 0 N–H and O–H groups in total. The number of aryl methyl sites for hydroxylation is 2. The van der Waals surface area contributed by atoms with Gasteiger partial charge in [0.05, 0.1) is 10.6 Å². The van der Waals surface area contributed by atoms with Gasteiger partial charge in [-0.1, -0.05) is 29.3 Å². The topological polar surface area (TPSA) is 25.8 Å². The molecule has 0 fully saturated rings. The first-order chi connectivity index (χ1) is 13.1. The summed E-state index contributed by atoms with van der Waals surface area (Å²) >= 11 is 3.49. The van der Waals surface area contributed by atoms with Gasteiger partial charge in [-0.25, -0.2) is 4.98 Å². The number of hydrogen-bond donors (Lipinski definition) is 0. The van der Waals surface area contributed by atoms with Crippen molar-refractivity contribution in [1.82, 2.24) is 9.97 Å². The quantitative estimate of drug-likeness (QED) is 0.356. The number of thiazole rings is 1. The van der Waals surface area contributed by atoms with Gasteiger partial charge in [-0.2, -0.15) is 0 Å². The van der Waals surface area contributed by atoms with E-state index in [9.17, 15) is 0 Å². The zero-order valence-corrected chi connectivity index (χ0v) is 17.2. The largest absolute Gasteiger partial charge is 0.265 e. The Morgan fingerprint density at radius 2 is 1.44 bits per heavy atom. The fourth-order valence-corrected chi connectivity index (χ4v) is 4.69. The Kier molecular flexibility index (Phi) is 5.10. The Morgan fingerprint density at radius 1 is 0.778 bits per heavy atom. The molecule has 0 saturated carbocycles. The molecule has 2 nitrogen and oxygen atoms in total. The van der Waals surface area contributed by atoms with Crippen LogP contribution >= 0.6 is 23.1 Å². The van der Waals surface area contributed by atoms with Crippen LogP contribution in [0.3, 0.4) is 0 Å². The lowest BCUT2D eigenvalue weighted by Crippen LogP contribution is -1.86. The third-order valence-corrected chi connectivity index (χ3v) is 6.30. The number of nitrogens with zero attached hydrogens (tertiary/aromatic N) is 2. The molecule has 0 spiro atoms. The van der Waals surface area contributed by atoms with Crippen LogP contribution in [0.5, 0.6) is 0 Å². The van der Waals surface area contributed by atoms with Crippen molar-refractivity contribution in [2.75, 3.05) is 6.26 Å². The summed E-state index contributed by atoms with van der Waals surface area (Å²) in [5, 5.41) is 1.05. The first kappa shape index (κ1) is 18.0. The molecule has 4 rings (SSSR count). The molecule has 4 aromatic rings. The lowest BCUT2D eigenvalue weighted by atomic mass is 10.0. The first-order valence-electron chi connectivity index (χ1n) is 8.78. The summed E-state index contributed by atoms with van der Waals surface area (Å²) in [6.45, 7) is 4.27. The van der Waals surface area contributed by atoms with Crippen molar-refractivity contribution < 1.29 is 0 Å². The maximum atomic E-state index is 5.06. The van der Waals surface area contributed by atoms with E-state index in [4.69, 9.17) is 4.98 Å². The molecule has 2 heterocycles. The van der Waals surface area contributed by atoms with Gasteiger partial charge in [0.25, 0.3) is 0 Å². The van der Waals surface area contributed by atoms with E-state index in [2.05, 4.69) is 79.7 Å². The molecule has 0 aliphatic heterocycles. The average molecular weight is 389 g/mol. The number of thioether (sulfide) groups is 1. The summed E-state index contributed by atoms with van der Waals surface area (Å²) in [6.07, 6.45) is 5.78. The highest BCUT2D eigenvalue weighted by Gasteiger charge is 2.16. The fraction of sp³-hybridized carbons (Fsp3) is 0.130. The highest BCUT2D eigenvalue weighted by Crippen LogP contribution is 2.41. The minimum absolute atomic E-state index is 1.04. The summed E-state index contributed by atoms with van der Waals surface area (Å²) in [4.78, 5) is 11.7. The second kappa shape index (κ2) is 7.67. The Bertz CT molecular complexity index is 1050. The average Bonchev–Trinajstić information content (AvgIpc) is 3.13. The summed E-state index contributed by atoms with van der Waals surface area (Å²) in [5.74, 6) is 0. The van der Waals surface area contributed by atoms with Gasteiger partial charge in [-0.05, 0) is 62.1 Å². The SMILES string of the molecule is CSc1ccc(-c2nc(-c3cc(C)cc(C)c3)c(-c3ccncc3)s2)cc1. The Hall–Kier alpha value is -2.43. The van der Waals surface area contributed by atoms with Crippen molar-refractivity contribution >= 4 is 23.1 Å². The number of aromatic nitrogens is 2. The summed E-state index contributed by atoms with van der Waals surface area (Å²) in [6, 6.07) is 19.4. The molecule has 2 aromatic heterocycles. The van der Waals surface area contributed by atoms with Crippen LogP contribution in [0.4, 0.5) is 0 Å². The molecule has 0 atom stereocenters. The lowest BCUT2D eigenvalue weighted by molar-refractivity contribution is 1.32. The van der Waals surface area contributed by atoms with E-state index in [0.29, 0.717) is 0 Å². The molecular formula is C23H20N2S2. The first-order valence-corrected chi connectivity index (χ1v) is 10.8. The normalized spacial score (nSPS) is 10.9. The van der Waals surface area contributed by atoms with Crippen LogP contribution in [0.1, 0.15) is 11.1 Å². The molecule has 0 saturated heterocycles. The van der Waals surface area contributed by atoms with E-state index in [1.165, 1.54) is 26.5 Å². The van der Waals surface area contributed by atoms with Crippen molar-refractivity contribution in [2.24, 2.45) is 0 Å². The summed E-state index contributed by atoms with van der Waals surface area (Å²) < 4.78 is 0. The molecule has 0 bridgehead atoms. The predicted molar refractivity (Wildman–Crippen MR) is 117 cm³/mol. The second-order valence-electron chi connectivity index (χ2n) is 6.54. The summed E-state index contributed by atoms with van der Waals surface area (Å²) in [7, 11) is 0. The third kappa shape index (κ3) is 3.82. The van der Waals surface area contributed by atoms with Crippen molar-refractivity contribution in [3.05, 3.63) is 78.1 Å². The molecule has 2 aromatic carbocycles. The number of rotatable bonds is 4. The van der Waals surface area contributed by atoms with Crippen LogP contribution in [-0.2, 0) is 0 Å². The van der Waals surface area contributed by atoms with Crippen molar-refractivity contribution in [3.8, 4) is 32.3 Å². The zero-order chi connectivity index (χ0) is 18.8. The van der Waals surface area contributed by atoms with E-state index in [0.717, 1.165) is 21.8 Å². The fourth-order valence-electron chi connectivity index (χ4n) is 3.18. The van der Waals surface area contributed by atoms with E-state index in [1.807, 2.05) is 12.4 Å².